The second-order valence-corrected chi connectivity index (χ2v) is 6.35. The minimum absolute atomic E-state index is 0.130. The molecule has 0 bridgehead atoms. The quantitative estimate of drug-likeness (QED) is 0.586. The van der Waals surface area contributed by atoms with Crippen LogP contribution in [0.5, 0.6) is 0 Å². The lowest BCUT2D eigenvalue weighted by Gasteiger charge is -2.19. The maximum absolute atomic E-state index is 13.5. The normalized spacial score (nSPS) is 11.8. The number of halogens is 1. The number of benzene rings is 2. The van der Waals surface area contributed by atoms with Crippen LogP contribution in [0.1, 0.15) is 26.3 Å². The zero-order chi connectivity index (χ0) is 15.0. The van der Waals surface area contributed by atoms with Gasteiger partial charge in [-0.3, -0.25) is 4.98 Å². The fourth-order valence-corrected chi connectivity index (χ4v) is 2.52. The molecule has 106 valence electrons. The van der Waals surface area contributed by atoms with E-state index in [0.717, 1.165) is 22.0 Å². The first kappa shape index (κ1) is 13.7. The fourth-order valence-electron chi connectivity index (χ4n) is 2.52. The van der Waals surface area contributed by atoms with Gasteiger partial charge in [-0.15, -0.1) is 0 Å². The molecule has 2 aromatic carbocycles. The first-order valence-corrected chi connectivity index (χ1v) is 7.10. The van der Waals surface area contributed by atoms with Crippen molar-refractivity contribution in [2.24, 2.45) is 0 Å². The molecule has 1 aromatic heterocycles. The van der Waals surface area contributed by atoms with Crippen LogP contribution in [0.15, 0.2) is 54.7 Å². The Kier molecular flexibility index (Phi) is 3.25. The van der Waals surface area contributed by atoms with Gasteiger partial charge in [0.1, 0.15) is 5.82 Å². The molecule has 0 spiro atoms. The Hall–Kier alpha value is -2.22. The summed E-state index contributed by atoms with van der Waals surface area (Å²) in [5.41, 5.74) is 4.33. The van der Waals surface area contributed by atoms with E-state index in [4.69, 9.17) is 0 Å². The summed E-state index contributed by atoms with van der Waals surface area (Å²) < 4.78 is 13.5. The van der Waals surface area contributed by atoms with Crippen LogP contribution in [-0.4, -0.2) is 4.98 Å². The van der Waals surface area contributed by atoms with E-state index >= 15 is 0 Å². The van der Waals surface area contributed by atoms with Gasteiger partial charge in [-0.05, 0) is 46.4 Å². The lowest BCUT2D eigenvalue weighted by atomic mass is 9.86. The van der Waals surface area contributed by atoms with Crippen molar-refractivity contribution < 1.29 is 4.39 Å². The number of rotatable bonds is 1. The highest BCUT2D eigenvalue weighted by Crippen LogP contribution is 2.30. The van der Waals surface area contributed by atoms with Gasteiger partial charge in [0.15, 0.2) is 0 Å². The number of aromatic nitrogens is 1. The zero-order valence-corrected chi connectivity index (χ0v) is 12.5. The van der Waals surface area contributed by atoms with Crippen molar-refractivity contribution in [2.75, 3.05) is 0 Å². The molecule has 0 N–H and O–H groups in total. The summed E-state index contributed by atoms with van der Waals surface area (Å²) in [6.45, 7) is 6.58. The van der Waals surface area contributed by atoms with E-state index in [0.29, 0.717) is 0 Å². The van der Waals surface area contributed by atoms with Crippen molar-refractivity contribution in [2.45, 2.75) is 26.2 Å². The van der Waals surface area contributed by atoms with Crippen LogP contribution >= 0.6 is 0 Å². The van der Waals surface area contributed by atoms with Crippen LogP contribution in [0.4, 0.5) is 4.39 Å². The highest BCUT2D eigenvalue weighted by Gasteiger charge is 2.13. The molecule has 21 heavy (non-hydrogen) atoms. The topological polar surface area (TPSA) is 12.9 Å². The average molecular weight is 279 g/mol. The third-order valence-electron chi connectivity index (χ3n) is 3.77. The molecule has 0 aliphatic heterocycles. The summed E-state index contributed by atoms with van der Waals surface area (Å²) in [7, 11) is 0. The molecule has 0 saturated heterocycles. The van der Waals surface area contributed by atoms with Crippen molar-refractivity contribution in [1.29, 1.82) is 0 Å². The van der Waals surface area contributed by atoms with Crippen molar-refractivity contribution in [3.8, 4) is 11.1 Å². The van der Waals surface area contributed by atoms with E-state index in [1.54, 1.807) is 18.3 Å². The Bertz CT molecular complexity index is 783. The summed E-state index contributed by atoms with van der Waals surface area (Å²) in [6, 6.07) is 15.1. The Labute approximate surface area is 124 Å². The molecule has 3 aromatic rings. The van der Waals surface area contributed by atoms with Crippen molar-refractivity contribution >= 4 is 10.9 Å². The lowest BCUT2D eigenvalue weighted by Crippen LogP contribution is -2.10. The Morgan fingerprint density at radius 2 is 1.62 bits per heavy atom. The molecule has 0 amide bonds. The molecular weight excluding hydrogens is 261 g/mol. The standard InChI is InChI=1S/C19H18FN/c1-19(2,3)14-6-4-13(5-7-14)16-10-11-21-18-9-8-15(20)12-17(16)18/h4-12H,1-3H3. The SMILES string of the molecule is CC(C)(C)c1ccc(-c2ccnc3ccc(F)cc23)cc1. The van der Waals surface area contributed by atoms with E-state index < -0.39 is 0 Å². The van der Waals surface area contributed by atoms with Crippen molar-refractivity contribution in [1.82, 2.24) is 4.98 Å². The second-order valence-electron chi connectivity index (χ2n) is 6.35. The number of fused-ring (bicyclic) bond motifs is 1. The number of hydrogen-bond donors (Lipinski definition) is 0. The molecule has 0 atom stereocenters. The molecule has 0 radical (unpaired) electrons. The number of pyridine rings is 1. The second kappa shape index (κ2) is 4.96. The van der Waals surface area contributed by atoms with E-state index in [1.165, 1.54) is 11.6 Å². The number of hydrogen-bond acceptors (Lipinski definition) is 1. The Morgan fingerprint density at radius 1 is 0.905 bits per heavy atom. The highest BCUT2D eigenvalue weighted by atomic mass is 19.1. The third-order valence-corrected chi connectivity index (χ3v) is 3.77. The van der Waals surface area contributed by atoms with Gasteiger partial charge in [0.25, 0.3) is 0 Å². The molecule has 0 aliphatic rings. The molecule has 0 aliphatic carbocycles. The number of nitrogens with zero attached hydrogens (tertiary/aromatic N) is 1. The van der Waals surface area contributed by atoms with Gasteiger partial charge in [0.05, 0.1) is 5.52 Å². The van der Waals surface area contributed by atoms with Crippen LogP contribution < -0.4 is 0 Å². The predicted octanol–water partition coefficient (Wildman–Crippen LogP) is 5.34. The fraction of sp³-hybridized carbons (Fsp3) is 0.211. The predicted molar refractivity (Wildman–Crippen MR) is 85.8 cm³/mol. The molecule has 0 unspecified atom stereocenters. The minimum atomic E-state index is -0.233. The smallest absolute Gasteiger partial charge is 0.123 e. The summed E-state index contributed by atoms with van der Waals surface area (Å²) in [6.07, 6.45) is 1.77. The molecule has 1 nitrogen and oxygen atoms in total. The van der Waals surface area contributed by atoms with Gasteiger partial charge < -0.3 is 0 Å². The monoisotopic (exact) mass is 279 g/mol. The van der Waals surface area contributed by atoms with Gasteiger partial charge in [-0.1, -0.05) is 45.0 Å². The highest BCUT2D eigenvalue weighted by molar-refractivity contribution is 5.94. The first-order valence-electron chi connectivity index (χ1n) is 7.10. The first-order chi connectivity index (χ1) is 9.95. The summed E-state index contributed by atoms with van der Waals surface area (Å²) in [4.78, 5) is 4.30. The van der Waals surface area contributed by atoms with Crippen LogP contribution in [0.2, 0.25) is 0 Å². The van der Waals surface area contributed by atoms with Gasteiger partial charge in [-0.2, -0.15) is 0 Å². The molecule has 2 heteroatoms. The van der Waals surface area contributed by atoms with Crippen molar-refractivity contribution in [3.63, 3.8) is 0 Å². The van der Waals surface area contributed by atoms with Gasteiger partial charge in [0.2, 0.25) is 0 Å². The van der Waals surface area contributed by atoms with Crippen LogP contribution in [0.25, 0.3) is 22.0 Å². The average Bonchev–Trinajstić information content (AvgIpc) is 2.46. The lowest BCUT2D eigenvalue weighted by molar-refractivity contribution is 0.590. The van der Waals surface area contributed by atoms with E-state index in [2.05, 4.69) is 50.0 Å². The molecule has 0 saturated carbocycles. The maximum atomic E-state index is 13.5. The maximum Gasteiger partial charge on any atom is 0.123 e. The molecule has 3 rings (SSSR count). The minimum Gasteiger partial charge on any atom is -0.256 e. The van der Waals surface area contributed by atoms with Crippen LogP contribution in [0.3, 0.4) is 0 Å². The molecule has 0 fully saturated rings. The van der Waals surface area contributed by atoms with Gasteiger partial charge >= 0.3 is 0 Å². The summed E-state index contributed by atoms with van der Waals surface area (Å²) in [5, 5.41) is 0.848. The van der Waals surface area contributed by atoms with Crippen molar-refractivity contribution in [3.05, 3.63) is 66.1 Å². The van der Waals surface area contributed by atoms with E-state index in [1.807, 2.05) is 6.07 Å². The van der Waals surface area contributed by atoms with E-state index in [-0.39, 0.29) is 11.2 Å². The molecule has 1 heterocycles. The largest absolute Gasteiger partial charge is 0.256 e. The zero-order valence-electron chi connectivity index (χ0n) is 12.5. The van der Waals surface area contributed by atoms with Gasteiger partial charge in [-0.25, -0.2) is 4.39 Å². The summed E-state index contributed by atoms with van der Waals surface area (Å²) >= 11 is 0. The van der Waals surface area contributed by atoms with Crippen LogP contribution in [-0.2, 0) is 5.41 Å². The summed E-state index contributed by atoms with van der Waals surface area (Å²) in [5.74, 6) is -0.233. The third kappa shape index (κ3) is 2.66. The van der Waals surface area contributed by atoms with Crippen LogP contribution in [0, 0.1) is 5.82 Å². The molecular formula is C19H18FN. The van der Waals surface area contributed by atoms with E-state index in [9.17, 15) is 4.39 Å². The Morgan fingerprint density at radius 3 is 2.29 bits per heavy atom. The Balaban J connectivity index is 2.14. The van der Waals surface area contributed by atoms with Gasteiger partial charge in [0, 0.05) is 11.6 Å².